The van der Waals surface area contributed by atoms with Crippen LogP contribution in [0.3, 0.4) is 0 Å². The predicted octanol–water partition coefficient (Wildman–Crippen LogP) is 3.34. The lowest BCUT2D eigenvalue weighted by Gasteiger charge is -1.97. The van der Waals surface area contributed by atoms with E-state index in [0.29, 0.717) is 11.1 Å². The third-order valence-corrected chi connectivity index (χ3v) is 3.59. The largest absolute Gasteiger partial charge is 0.478 e. The summed E-state index contributed by atoms with van der Waals surface area (Å²) in [6.07, 6.45) is 5.25. The van der Waals surface area contributed by atoms with Gasteiger partial charge in [-0.1, -0.05) is 36.4 Å². The number of carbonyl (C=O) groups is 4. The van der Waals surface area contributed by atoms with Crippen molar-refractivity contribution in [2.24, 2.45) is 0 Å². The number of aromatic carboxylic acids is 2. The molecule has 2 aromatic carbocycles. The van der Waals surface area contributed by atoms with E-state index < -0.39 is 11.9 Å². The Morgan fingerprint density at radius 3 is 1.26 bits per heavy atom. The van der Waals surface area contributed by atoms with Crippen LogP contribution in [0.5, 0.6) is 0 Å². The molecule has 2 aromatic rings. The fourth-order valence-electron chi connectivity index (χ4n) is 2.14. The van der Waals surface area contributed by atoms with Crippen molar-refractivity contribution in [1.29, 1.82) is 0 Å². The van der Waals surface area contributed by atoms with Gasteiger partial charge in [0.25, 0.3) is 0 Å². The number of benzene rings is 2. The molecule has 0 aliphatic rings. The Bertz CT molecular complexity index is 841. The second-order valence-electron chi connectivity index (χ2n) is 5.63. The van der Waals surface area contributed by atoms with E-state index in [9.17, 15) is 19.2 Å². The Labute approximate surface area is 155 Å². The molecule has 0 saturated carbocycles. The van der Waals surface area contributed by atoms with Gasteiger partial charge in [0.05, 0.1) is 17.5 Å². The number of rotatable bonds is 8. The summed E-state index contributed by atoms with van der Waals surface area (Å²) in [5, 5.41) is 17.6. The average Bonchev–Trinajstić information content (AvgIpc) is 2.65. The van der Waals surface area contributed by atoms with Crippen LogP contribution in [0.15, 0.2) is 60.7 Å². The lowest BCUT2D eigenvalue weighted by molar-refractivity contribution is -0.121. The van der Waals surface area contributed by atoms with Crippen LogP contribution in [0.25, 0.3) is 12.2 Å². The standard InChI is InChI=1S/C21H16O6/c22-18(11-5-14-1-7-16(8-2-14)20(24)25)13-19(23)12-6-15-3-9-17(10-4-15)21(26)27/h1-12H,13H2,(H,24,25)(H,26,27). The van der Waals surface area contributed by atoms with Crippen LogP contribution in [-0.4, -0.2) is 33.7 Å². The van der Waals surface area contributed by atoms with Crippen molar-refractivity contribution in [2.45, 2.75) is 6.42 Å². The van der Waals surface area contributed by atoms with Gasteiger partial charge in [0.15, 0.2) is 11.6 Å². The summed E-state index contributed by atoms with van der Waals surface area (Å²) in [5.41, 5.74) is 1.59. The van der Waals surface area contributed by atoms with Crippen LogP contribution in [-0.2, 0) is 9.59 Å². The van der Waals surface area contributed by atoms with E-state index in [1.54, 1.807) is 24.3 Å². The second-order valence-corrected chi connectivity index (χ2v) is 5.63. The van der Waals surface area contributed by atoms with Gasteiger partial charge in [0.1, 0.15) is 0 Å². The zero-order valence-corrected chi connectivity index (χ0v) is 14.2. The van der Waals surface area contributed by atoms with Gasteiger partial charge in [0, 0.05) is 0 Å². The molecule has 0 aromatic heterocycles. The molecule has 6 heteroatoms. The molecule has 6 nitrogen and oxygen atoms in total. The number of carbonyl (C=O) groups excluding carboxylic acids is 2. The van der Waals surface area contributed by atoms with E-state index in [-0.39, 0.29) is 29.1 Å². The fraction of sp³-hybridized carbons (Fsp3) is 0.0476. The van der Waals surface area contributed by atoms with Gasteiger partial charge in [-0.2, -0.15) is 0 Å². The van der Waals surface area contributed by atoms with Gasteiger partial charge in [0.2, 0.25) is 0 Å². The van der Waals surface area contributed by atoms with E-state index >= 15 is 0 Å². The van der Waals surface area contributed by atoms with Crippen LogP contribution >= 0.6 is 0 Å². The highest BCUT2D eigenvalue weighted by Crippen LogP contribution is 2.08. The Balaban J connectivity index is 1.89. The predicted molar refractivity (Wildman–Crippen MR) is 99.5 cm³/mol. The molecule has 0 fully saturated rings. The Hall–Kier alpha value is -3.80. The van der Waals surface area contributed by atoms with Crippen LogP contribution in [0, 0.1) is 0 Å². The molecule has 2 N–H and O–H groups in total. The molecule has 0 aliphatic heterocycles. The number of allylic oxidation sites excluding steroid dienone is 2. The van der Waals surface area contributed by atoms with Gasteiger partial charge >= 0.3 is 11.9 Å². The molecule has 2 rings (SSSR count). The Kier molecular flexibility index (Phi) is 6.55. The SMILES string of the molecule is O=C(C=Cc1ccc(C(=O)O)cc1)CC(=O)C=Cc1ccc(C(=O)O)cc1. The lowest BCUT2D eigenvalue weighted by atomic mass is 10.1. The minimum absolute atomic E-state index is 0.148. The highest BCUT2D eigenvalue weighted by Gasteiger charge is 2.05. The molecule has 0 heterocycles. The summed E-state index contributed by atoms with van der Waals surface area (Å²) in [4.78, 5) is 45.2. The van der Waals surface area contributed by atoms with E-state index in [1.807, 2.05) is 0 Å². The molecule has 0 amide bonds. The first-order chi connectivity index (χ1) is 12.8. The normalized spacial score (nSPS) is 11.0. The van der Waals surface area contributed by atoms with Crippen molar-refractivity contribution in [3.05, 3.63) is 82.9 Å². The van der Waals surface area contributed by atoms with Gasteiger partial charge in [-0.15, -0.1) is 0 Å². The lowest BCUT2D eigenvalue weighted by Crippen LogP contribution is -2.02. The molecule has 0 bridgehead atoms. The topological polar surface area (TPSA) is 109 Å². The Morgan fingerprint density at radius 1 is 0.630 bits per heavy atom. The molecule has 136 valence electrons. The minimum Gasteiger partial charge on any atom is -0.478 e. The van der Waals surface area contributed by atoms with Crippen LogP contribution in [0.2, 0.25) is 0 Å². The third-order valence-electron chi connectivity index (χ3n) is 3.59. The number of ketones is 2. The van der Waals surface area contributed by atoms with Crippen molar-refractivity contribution < 1.29 is 29.4 Å². The zero-order chi connectivity index (χ0) is 19.8. The second kappa shape index (κ2) is 9.05. The smallest absolute Gasteiger partial charge is 0.335 e. The van der Waals surface area contributed by atoms with Gasteiger partial charge < -0.3 is 10.2 Å². The molecule has 0 spiro atoms. The fourth-order valence-corrected chi connectivity index (χ4v) is 2.14. The summed E-state index contributed by atoms with van der Waals surface area (Å²) in [5.74, 6) is -2.82. The summed E-state index contributed by atoms with van der Waals surface area (Å²) in [6.45, 7) is 0. The molecular formula is C21H16O6. The molecule has 0 radical (unpaired) electrons. The summed E-state index contributed by atoms with van der Waals surface area (Å²) < 4.78 is 0. The first-order valence-electron chi connectivity index (χ1n) is 7.93. The number of hydrogen-bond acceptors (Lipinski definition) is 4. The number of carboxylic acid groups (broad SMARTS) is 2. The highest BCUT2D eigenvalue weighted by atomic mass is 16.4. The van der Waals surface area contributed by atoms with E-state index in [4.69, 9.17) is 10.2 Å². The summed E-state index contributed by atoms with van der Waals surface area (Å²) in [6, 6.07) is 12.0. The molecular weight excluding hydrogens is 348 g/mol. The zero-order valence-electron chi connectivity index (χ0n) is 14.2. The minimum atomic E-state index is -1.03. The van der Waals surface area contributed by atoms with Crippen molar-refractivity contribution in [2.75, 3.05) is 0 Å². The van der Waals surface area contributed by atoms with E-state index in [1.165, 1.54) is 48.6 Å². The van der Waals surface area contributed by atoms with Crippen molar-refractivity contribution in [3.8, 4) is 0 Å². The maximum Gasteiger partial charge on any atom is 0.335 e. The third kappa shape index (κ3) is 6.21. The molecule has 0 atom stereocenters. The highest BCUT2D eigenvalue weighted by molar-refractivity contribution is 6.10. The maximum atomic E-state index is 11.8. The van der Waals surface area contributed by atoms with Crippen LogP contribution < -0.4 is 0 Å². The number of carboxylic acids is 2. The first kappa shape index (κ1) is 19.5. The monoisotopic (exact) mass is 364 g/mol. The summed E-state index contributed by atoms with van der Waals surface area (Å²) >= 11 is 0. The molecule has 0 aliphatic carbocycles. The maximum absolute atomic E-state index is 11.8. The van der Waals surface area contributed by atoms with Crippen LogP contribution in [0.1, 0.15) is 38.3 Å². The van der Waals surface area contributed by atoms with E-state index in [2.05, 4.69) is 0 Å². The quantitative estimate of drug-likeness (QED) is 0.549. The first-order valence-corrected chi connectivity index (χ1v) is 7.93. The molecule has 27 heavy (non-hydrogen) atoms. The van der Waals surface area contributed by atoms with Crippen LogP contribution in [0.4, 0.5) is 0 Å². The number of hydrogen-bond donors (Lipinski definition) is 2. The van der Waals surface area contributed by atoms with E-state index in [0.717, 1.165) is 0 Å². The molecule has 0 unspecified atom stereocenters. The Morgan fingerprint density at radius 2 is 0.963 bits per heavy atom. The van der Waals surface area contributed by atoms with Crippen molar-refractivity contribution in [1.82, 2.24) is 0 Å². The van der Waals surface area contributed by atoms with Gasteiger partial charge in [-0.05, 0) is 47.5 Å². The molecule has 0 saturated heterocycles. The van der Waals surface area contributed by atoms with Gasteiger partial charge in [-0.3, -0.25) is 9.59 Å². The summed E-state index contributed by atoms with van der Waals surface area (Å²) in [7, 11) is 0. The van der Waals surface area contributed by atoms with Crippen molar-refractivity contribution in [3.63, 3.8) is 0 Å². The average molecular weight is 364 g/mol. The van der Waals surface area contributed by atoms with Crippen molar-refractivity contribution >= 4 is 35.7 Å². The van der Waals surface area contributed by atoms with Gasteiger partial charge in [-0.25, -0.2) is 9.59 Å².